The minimum atomic E-state index is -2.98. The fourth-order valence-corrected chi connectivity index (χ4v) is 6.50. The molecule has 31 heavy (non-hydrogen) atoms. The third-order valence-corrected chi connectivity index (χ3v) is 8.28. The summed E-state index contributed by atoms with van der Waals surface area (Å²) in [7, 11) is -1.25. The number of ether oxygens (including phenoxy) is 1. The van der Waals surface area contributed by atoms with Gasteiger partial charge in [0.25, 0.3) is 0 Å². The number of carbonyl (C=O) groups is 1. The van der Waals surface area contributed by atoms with Gasteiger partial charge in [0.2, 0.25) is 5.91 Å². The Bertz CT molecular complexity index is 706. The fraction of sp³-hybridized carbons (Fsp3) is 0.900. The van der Waals surface area contributed by atoms with E-state index in [4.69, 9.17) is 4.74 Å². The molecule has 1 aliphatic carbocycles. The lowest BCUT2D eigenvalue weighted by molar-refractivity contribution is -0.121. The molecule has 3 aliphatic rings. The number of sulfone groups is 1. The summed E-state index contributed by atoms with van der Waals surface area (Å²) in [6.07, 6.45) is 6.97. The van der Waals surface area contributed by atoms with Crippen LogP contribution in [0.5, 0.6) is 0 Å². The molecule has 3 rings (SSSR count). The summed E-state index contributed by atoms with van der Waals surface area (Å²) in [4.78, 5) is 19.0. The first-order chi connectivity index (χ1) is 14.4. The van der Waals surface area contributed by atoms with Gasteiger partial charge in [0.1, 0.15) is 0 Å². The molecule has 0 aromatic rings. The molecule has 3 fully saturated rings. The Morgan fingerprint density at radius 1 is 1.16 bits per heavy atom. The van der Waals surface area contributed by atoms with Crippen molar-refractivity contribution in [1.29, 1.82) is 0 Å². The van der Waals surface area contributed by atoms with Crippen LogP contribution >= 0.6 is 24.0 Å². The van der Waals surface area contributed by atoms with Gasteiger partial charge in [-0.05, 0) is 19.3 Å². The standard InChI is InChI=1S/C20H37N5O4S.HI/c1-21-19(22-9-5-18(26)24-17-6-14-30(27,28)15-17)23-16-20(7-3-2-4-8-20)25-10-12-29-13-11-25;/h17H,2-16H2,1H3,(H,24,26)(H2,21,22,23);1H. The molecule has 9 nitrogen and oxygen atoms in total. The van der Waals surface area contributed by atoms with Gasteiger partial charge < -0.3 is 20.7 Å². The van der Waals surface area contributed by atoms with Crippen LogP contribution in [-0.4, -0.2) is 94.7 Å². The molecule has 1 atom stereocenters. The number of guanidine groups is 1. The number of morpholine rings is 1. The van der Waals surface area contributed by atoms with Gasteiger partial charge in [-0.25, -0.2) is 8.42 Å². The largest absolute Gasteiger partial charge is 0.379 e. The average Bonchev–Trinajstić information content (AvgIpc) is 3.09. The summed E-state index contributed by atoms with van der Waals surface area (Å²) in [5.41, 5.74) is 0.144. The second kappa shape index (κ2) is 12.5. The number of nitrogens with one attached hydrogen (secondary N) is 3. The van der Waals surface area contributed by atoms with Crippen LogP contribution in [0.3, 0.4) is 0 Å². The Kier molecular flexibility index (Phi) is 10.8. The molecule has 3 N–H and O–H groups in total. The highest BCUT2D eigenvalue weighted by Gasteiger charge is 2.38. The van der Waals surface area contributed by atoms with Gasteiger partial charge in [-0.2, -0.15) is 0 Å². The molecule has 180 valence electrons. The second-order valence-corrected chi connectivity index (χ2v) is 10.9. The van der Waals surface area contributed by atoms with Crippen molar-refractivity contribution in [3.05, 3.63) is 0 Å². The highest BCUT2D eigenvalue weighted by molar-refractivity contribution is 14.0. The predicted molar refractivity (Wildman–Crippen MR) is 133 cm³/mol. The fourth-order valence-electron chi connectivity index (χ4n) is 4.82. The van der Waals surface area contributed by atoms with Crippen LogP contribution in [0, 0.1) is 0 Å². The lowest BCUT2D eigenvalue weighted by Gasteiger charge is -2.48. The maximum Gasteiger partial charge on any atom is 0.222 e. The quantitative estimate of drug-likeness (QED) is 0.232. The topological polar surface area (TPSA) is 112 Å². The molecule has 0 aromatic heterocycles. The highest BCUT2D eigenvalue weighted by atomic mass is 127. The molecule has 1 amide bonds. The number of halogens is 1. The van der Waals surface area contributed by atoms with Crippen LogP contribution in [0.4, 0.5) is 0 Å². The van der Waals surface area contributed by atoms with Crippen LogP contribution < -0.4 is 16.0 Å². The van der Waals surface area contributed by atoms with Crippen molar-refractivity contribution in [3.63, 3.8) is 0 Å². The lowest BCUT2D eigenvalue weighted by Crippen LogP contribution is -2.60. The first kappa shape index (κ1) is 26.6. The van der Waals surface area contributed by atoms with E-state index in [9.17, 15) is 13.2 Å². The Morgan fingerprint density at radius 2 is 1.87 bits per heavy atom. The summed E-state index contributed by atoms with van der Waals surface area (Å²) in [6.45, 7) is 4.84. The summed E-state index contributed by atoms with van der Waals surface area (Å²) >= 11 is 0. The van der Waals surface area contributed by atoms with Gasteiger partial charge in [-0.15, -0.1) is 24.0 Å². The summed E-state index contributed by atoms with van der Waals surface area (Å²) in [5.74, 6) is 0.790. The Labute approximate surface area is 203 Å². The minimum absolute atomic E-state index is 0. The zero-order chi connectivity index (χ0) is 21.5. The van der Waals surface area contributed by atoms with Crippen molar-refractivity contribution in [2.75, 3.05) is 57.9 Å². The highest BCUT2D eigenvalue weighted by Crippen LogP contribution is 2.33. The number of aliphatic imine (C=N–C) groups is 1. The number of nitrogens with zero attached hydrogens (tertiary/aromatic N) is 2. The van der Waals surface area contributed by atoms with Gasteiger partial charge in [-0.1, -0.05) is 19.3 Å². The number of amides is 1. The first-order valence-corrected chi connectivity index (χ1v) is 13.0. The van der Waals surface area contributed by atoms with E-state index < -0.39 is 9.84 Å². The first-order valence-electron chi connectivity index (χ1n) is 11.2. The van der Waals surface area contributed by atoms with E-state index in [2.05, 4.69) is 25.8 Å². The van der Waals surface area contributed by atoms with Crippen molar-refractivity contribution in [3.8, 4) is 0 Å². The monoisotopic (exact) mass is 571 g/mol. The molecule has 0 bridgehead atoms. The smallest absolute Gasteiger partial charge is 0.222 e. The summed E-state index contributed by atoms with van der Waals surface area (Å²) < 4.78 is 28.6. The molecule has 0 spiro atoms. The van der Waals surface area contributed by atoms with Crippen LogP contribution in [0.2, 0.25) is 0 Å². The van der Waals surface area contributed by atoms with Crippen molar-refractivity contribution >= 4 is 45.7 Å². The van der Waals surface area contributed by atoms with Gasteiger partial charge in [0.15, 0.2) is 15.8 Å². The predicted octanol–water partition coefficient (Wildman–Crippen LogP) is 0.498. The third-order valence-electron chi connectivity index (χ3n) is 6.52. The van der Waals surface area contributed by atoms with Crippen LogP contribution in [0.15, 0.2) is 4.99 Å². The van der Waals surface area contributed by atoms with E-state index in [1.54, 1.807) is 7.05 Å². The van der Waals surface area contributed by atoms with Crippen LogP contribution in [0.1, 0.15) is 44.9 Å². The van der Waals surface area contributed by atoms with Gasteiger partial charge in [-0.3, -0.25) is 14.7 Å². The molecule has 2 aliphatic heterocycles. The number of hydrogen-bond acceptors (Lipinski definition) is 6. The second-order valence-electron chi connectivity index (χ2n) is 8.65. The molecule has 2 heterocycles. The van der Waals surface area contributed by atoms with Gasteiger partial charge >= 0.3 is 0 Å². The Hall–Kier alpha value is -0.660. The van der Waals surface area contributed by atoms with Crippen molar-refractivity contribution in [1.82, 2.24) is 20.9 Å². The number of rotatable bonds is 7. The Morgan fingerprint density at radius 3 is 2.48 bits per heavy atom. The molecule has 1 saturated carbocycles. The van der Waals surface area contributed by atoms with E-state index in [1.165, 1.54) is 32.1 Å². The van der Waals surface area contributed by atoms with Gasteiger partial charge in [0, 0.05) is 51.2 Å². The van der Waals surface area contributed by atoms with E-state index in [-0.39, 0.29) is 59.4 Å². The lowest BCUT2D eigenvalue weighted by atomic mass is 9.80. The molecular weight excluding hydrogens is 533 g/mol. The zero-order valence-corrected chi connectivity index (χ0v) is 21.7. The number of hydrogen-bond donors (Lipinski definition) is 3. The Balaban J connectivity index is 0.00000341. The average molecular weight is 572 g/mol. The van der Waals surface area contributed by atoms with Crippen molar-refractivity contribution in [2.24, 2.45) is 4.99 Å². The molecular formula is C20H38IN5O4S. The van der Waals surface area contributed by atoms with Crippen LogP contribution in [-0.2, 0) is 19.4 Å². The van der Waals surface area contributed by atoms with E-state index in [0.717, 1.165) is 32.8 Å². The normalized spacial score (nSPS) is 26.0. The minimum Gasteiger partial charge on any atom is -0.379 e. The molecule has 11 heteroatoms. The molecule has 0 aromatic carbocycles. The van der Waals surface area contributed by atoms with E-state index >= 15 is 0 Å². The summed E-state index contributed by atoms with van der Waals surface area (Å²) in [5, 5.41) is 9.52. The van der Waals surface area contributed by atoms with E-state index in [1.807, 2.05) is 0 Å². The maximum absolute atomic E-state index is 12.1. The zero-order valence-electron chi connectivity index (χ0n) is 18.5. The van der Waals surface area contributed by atoms with Gasteiger partial charge in [0.05, 0.1) is 24.7 Å². The molecule has 2 saturated heterocycles. The maximum atomic E-state index is 12.1. The number of carbonyl (C=O) groups excluding carboxylic acids is 1. The SMILES string of the molecule is CN=C(NCCC(=O)NC1CCS(=O)(=O)C1)NCC1(N2CCOCC2)CCCCC1.I. The van der Waals surface area contributed by atoms with Crippen molar-refractivity contribution < 1.29 is 17.9 Å². The summed E-state index contributed by atoms with van der Waals surface area (Å²) in [6, 6.07) is -0.250. The third kappa shape index (κ3) is 8.01. The van der Waals surface area contributed by atoms with E-state index in [0.29, 0.717) is 18.9 Å². The molecule has 0 radical (unpaired) electrons. The van der Waals surface area contributed by atoms with Crippen LogP contribution in [0.25, 0.3) is 0 Å². The van der Waals surface area contributed by atoms with Crippen molar-refractivity contribution in [2.45, 2.75) is 56.5 Å². The molecule has 1 unspecified atom stereocenters.